The Morgan fingerprint density at radius 2 is 1.29 bits per heavy atom. The van der Waals surface area contributed by atoms with Crippen molar-refractivity contribution in [1.29, 1.82) is 0 Å². The van der Waals surface area contributed by atoms with E-state index in [2.05, 4.69) is 0 Å². The quantitative estimate of drug-likeness (QED) is 0.472. The Morgan fingerprint density at radius 1 is 1.14 bits per heavy atom. The van der Waals surface area contributed by atoms with E-state index < -0.39 is 0 Å². The van der Waals surface area contributed by atoms with E-state index in [9.17, 15) is 0 Å². The zero-order valence-electron chi connectivity index (χ0n) is 4.91. The molecule has 0 aliphatic heterocycles. The predicted octanol–water partition coefficient (Wildman–Crippen LogP) is 2.12. The minimum Gasteiger partial charge on any atom is -0.344 e. The monoisotopic (exact) mass is 129 g/mol. The van der Waals surface area contributed by atoms with Crippen LogP contribution in [-0.2, 0) is 0 Å². The predicted molar refractivity (Wildman–Crippen MR) is 36.1 cm³/mol. The van der Waals surface area contributed by atoms with E-state index in [0.717, 1.165) is 12.3 Å². The van der Waals surface area contributed by atoms with Gasteiger partial charge >= 0.3 is 0 Å². The van der Waals surface area contributed by atoms with E-state index in [-0.39, 0.29) is 18.5 Å². The molecule has 0 unspecified atom stereocenters. The van der Waals surface area contributed by atoms with Gasteiger partial charge in [0.25, 0.3) is 0 Å². The maximum atomic E-state index is 5.19. The first kappa shape index (κ1) is 27.2. The molecule has 0 radical (unpaired) electrons. The smallest absolute Gasteiger partial charge is 0.0220 e. The molecule has 0 spiro atoms. The van der Waals surface area contributed by atoms with E-state index in [1.54, 1.807) is 0 Å². The molecule has 0 amide bonds. The molecular weight excluding hydrogens is 114 g/mol. The summed E-state index contributed by atoms with van der Waals surface area (Å²) in [5.74, 6) is 0.792. The molecular formula is C3H16ClN3. The first-order valence-electron chi connectivity index (χ1n) is 1.47. The number of halogens is 1. The zero-order chi connectivity index (χ0) is 3.41. The number of rotatable bonds is 1. The van der Waals surface area contributed by atoms with Gasteiger partial charge in [0, 0.05) is 5.88 Å². The van der Waals surface area contributed by atoms with Gasteiger partial charge in [-0.1, -0.05) is 6.92 Å². The highest BCUT2D eigenvalue weighted by molar-refractivity contribution is 6.17. The third kappa shape index (κ3) is 78.4. The molecule has 0 aromatic carbocycles. The Kier molecular flexibility index (Phi) is 136. The minimum absolute atomic E-state index is 0. The van der Waals surface area contributed by atoms with Gasteiger partial charge in [0.1, 0.15) is 0 Å². The van der Waals surface area contributed by atoms with Crippen LogP contribution in [0.4, 0.5) is 0 Å². The molecule has 0 aromatic heterocycles. The van der Waals surface area contributed by atoms with Crippen LogP contribution >= 0.6 is 11.6 Å². The van der Waals surface area contributed by atoms with Gasteiger partial charge in [0.2, 0.25) is 0 Å². The molecule has 7 heavy (non-hydrogen) atoms. The van der Waals surface area contributed by atoms with Gasteiger partial charge in [-0.25, -0.2) is 0 Å². The maximum Gasteiger partial charge on any atom is 0.0220 e. The van der Waals surface area contributed by atoms with Crippen LogP contribution in [-0.4, -0.2) is 5.88 Å². The summed E-state index contributed by atoms with van der Waals surface area (Å²) in [6, 6.07) is 0. The molecule has 0 saturated carbocycles. The van der Waals surface area contributed by atoms with Crippen LogP contribution in [0, 0.1) is 0 Å². The molecule has 0 fully saturated rings. The van der Waals surface area contributed by atoms with E-state index in [4.69, 9.17) is 11.6 Å². The Balaban J connectivity index is -0.0000000150. The Hall–Kier alpha value is 0.170. The Bertz CT molecular complexity index is 12.1. The highest BCUT2D eigenvalue weighted by Crippen LogP contribution is 1.75. The fraction of sp³-hybridized carbons (Fsp3) is 1.00. The first-order valence-corrected chi connectivity index (χ1v) is 2.01. The molecule has 4 heteroatoms. The highest BCUT2D eigenvalue weighted by Gasteiger charge is 1.59. The van der Waals surface area contributed by atoms with E-state index in [0.29, 0.717) is 0 Å². The van der Waals surface area contributed by atoms with Crippen molar-refractivity contribution < 1.29 is 0 Å². The molecule has 9 N–H and O–H groups in total. The van der Waals surface area contributed by atoms with Crippen LogP contribution in [0.1, 0.15) is 13.3 Å². The van der Waals surface area contributed by atoms with Crippen LogP contribution in [0.3, 0.4) is 0 Å². The fourth-order valence-electron chi connectivity index (χ4n) is 0. The van der Waals surface area contributed by atoms with Gasteiger partial charge in [-0.2, -0.15) is 0 Å². The second-order valence-corrected chi connectivity index (χ2v) is 1.07. The lowest BCUT2D eigenvalue weighted by Gasteiger charge is -1.65. The Labute approximate surface area is 50.2 Å². The molecule has 0 atom stereocenters. The Morgan fingerprint density at radius 3 is 1.29 bits per heavy atom. The van der Waals surface area contributed by atoms with Crippen molar-refractivity contribution in [1.82, 2.24) is 18.5 Å². The van der Waals surface area contributed by atoms with Gasteiger partial charge < -0.3 is 18.5 Å². The topological polar surface area (TPSA) is 105 Å². The molecule has 0 heterocycles. The van der Waals surface area contributed by atoms with Crippen molar-refractivity contribution in [3.63, 3.8) is 0 Å². The number of hydrogen-bond donors (Lipinski definition) is 3. The summed E-state index contributed by atoms with van der Waals surface area (Å²) in [5, 5.41) is 0. The van der Waals surface area contributed by atoms with E-state index >= 15 is 0 Å². The van der Waals surface area contributed by atoms with Crippen molar-refractivity contribution >= 4 is 11.6 Å². The van der Waals surface area contributed by atoms with Crippen molar-refractivity contribution in [2.75, 3.05) is 5.88 Å². The van der Waals surface area contributed by atoms with Crippen molar-refractivity contribution in [3.05, 3.63) is 0 Å². The lowest BCUT2D eigenvalue weighted by atomic mass is 10.6. The SMILES string of the molecule is CCCCl.N.N.N. The number of alkyl halides is 1. The van der Waals surface area contributed by atoms with Crippen molar-refractivity contribution in [3.8, 4) is 0 Å². The standard InChI is InChI=1S/C3H7Cl.3H3N/c1-2-3-4;;;/h2-3H2,1H3;3*1H3. The first-order chi connectivity index (χ1) is 1.91. The summed E-state index contributed by atoms with van der Waals surface area (Å²) >= 11 is 5.19. The summed E-state index contributed by atoms with van der Waals surface area (Å²) in [4.78, 5) is 0. The minimum atomic E-state index is 0. The molecule has 0 aliphatic rings. The van der Waals surface area contributed by atoms with Crippen molar-refractivity contribution in [2.24, 2.45) is 0 Å². The van der Waals surface area contributed by atoms with Gasteiger partial charge in [0.15, 0.2) is 0 Å². The zero-order valence-corrected chi connectivity index (χ0v) is 5.67. The van der Waals surface area contributed by atoms with Crippen LogP contribution in [0.15, 0.2) is 0 Å². The third-order valence-corrected chi connectivity index (χ3v) is 0.567. The highest BCUT2D eigenvalue weighted by atomic mass is 35.5. The average molecular weight is 130 g/mol. The van der Waals surface area contributed by atoms with Gasteiger partial charge in [-0.05, 0) is 6.42 Å². The summed E-state index contributed by atoms with van der Waals surface area (Å²) in [6.07, 6.45) is 1.08. The average Bonchev–Trinajstić information content (AvgIpc) is 1.37. The second kappa shape index (κ2) is 35.0. The molecule has 3 nitrogen and oxygen atoms in total. The van der Waals surface area contributed by atoms with Crippen LogP contribution in [0.25, 0.3) is 0 Å². The summed E-state index contributed by atoms with van der Waals surface area (Å²) in [5.41, 5.74) is 0. The van der Waals surface area contributed by atoms with Gasteiger partial charge in [0.05, 0.1) is 0 Å². The molecule has 0 aliphatic carbocycles. The molecule has 0 aromatic rings. The molecule has 0 rings (SSSR count). The normalized spacial score (nSPS) is 4.29. The summed E-state index contributed by atoms with van der Waals surface area (Å²) in [6.45, 7) is 2.05. The third-order valence-electron chi connectivity index (χ3n) is 0.189. The number of hydrogen-bond acceptors (Lipinski definition) is 3. The maximum absolute atomic E-state index is 5.19. The van der Waals surface area contributed by atoms with Crippen molar-refractivity contribution in [2.45, 2.75) is 13.3 Å². The van der Waals surface area contributed by atoms with E-state index in [1.165, 1.54) is 0 Å². The molecule has 50 valence electrons. The van der Waals surface area contributed by atoms with E-state index in [1.807, 2.05) is 6.92 Å². The van der Waals surface area contributed by atoms with Crippen LogP contribution < -0.4 is 18.5 Å². The fourth-order valence-corrected chi connectivity index (χ4v) is 0. The van der Waals surface area contributed by atoms with Gasteiger partial charge in [-0.15, -0.1) is 11.6 Å². The molecule has 0 bridgehead atoms. The summed E-state index contributed by atoms with van der Waals surface area (Å²) < 4.78 is 0. The van der Waals surface area contributed by atoms with Crippen LogP contribution in [0.5, 0.6) is 0 Å². The molecule has 0 saturated heterocycles. The largest absolute Gasteiger partial charge is 0.344 e. The lowest BCUT2D eigenvalue weighted by molar-refractivity contribution is 1.10. The second-order valence-electron chi connectivity index (χ2n) is 0.689. The lowest BCUT2D eigenvalue weighted by Crippen LogP contribution is -1.55. The van der Waals surface area contributed by atoms with Crippen LogP contribution in [0.2, 0.25) is 0 Å². The summed E-state index contributed by atoms with van der Waals surface area (Å²) in [7, 11) is 0. The van der Waals surface area contributed by atoms with Gasteiger partial charge in [-0.3, -0.25) is 0 Å².